The van der Waals surface area contributed by atoms with Crippen molar-refractivity contribution in [3.05, 3.63) is 26.6 Å². The van der Waals surface area contributed by atoms with Gasteiger partial charge in [-0.15, -0.1) is 0 Å². The summed E-state index contributed by atoms with van der Waals surface area (Å²) in [6.07, 6.45) is -2.86. The van der Waals surface area contributed by atoms with E-state index in [1.165, 1.54) is 11.8 Å². The fraction of sp³-hybridized carbons (Fsp3) is 0.600. The van der Waals surface area contributed by atoms with Crippen LogP contribution in [0.4, 0.5) is 18.0 Å². The van der Waals surface area contributed by atoms with E-state index in [1.54, 1.807) is 20.8 Å². The highest BCUT2D eigenvalue weighted by Gasteiger charge is 2.38. The van der Waals surface area contributed by atoms with E-state index in [-0.39, 0.29) is 47.4 Å². The number of nitrogens with one attached hydrogen (secondary N) is 2. The molecule has 0 saturated carbocycles. The van der Waals surface area contributed by atoms with Gasteiger partial charge in [-0.3, -0.25) is 9.78 Å². The van der Waals surface area contributed by atoms with E-state index in [1.807, 2.05) is 0 Å². The Balaban J connectivity index is 2.39. The molecular formula is C20H28F3N5O4S. The first-order valence-corrected chi connectivity index (χ1v) is 10.6. The van der Waals surface area contributed by atoms with Crippen LogP contribution in [0.25, 0.3) is 10.9 Å². The van der Waals surface area contributed by atoms with Crippen LogP contribution in [-0.4, -0.2) is 63.2 Å². The van der Waals surface area contributed by atoms with E-state index in [0.717, 1.165) is 0 Å². The van der Waals surface area contributed by atoms with Gasteiger partial charge in [0.25, 0.3) is 11.5 Å². The van der Waals surface area contributed by atoms with Crippen molar-refractivity contribution in [3.8, 4) is 5.88 Å². The molecule has 0 spiro atoms. The maximum Gasteiger partial charge on any atom is 0.410 e. The van der Waals surface area contributed by atoms with Gasteiger partial charge >= 0.3 is 6.09 Å². The number of aromatic nitrogens is 3. The largest absolute Gasteiger partial charge is 0.467 e. The van der Waals surface area contributed by atoms with Crippen molar-refractivity contribution < 1.29 is 27.4 Å². The molecule has 1 amide bonds. The molecule has 0 aliphatic heterocycles. The van der Waals surface area contributed by atoms with Crippen molar-refractivity contribution in [2.45, 2.75) is 58.7 Å². The number of H-pyrrole nitrogens is 2. The highest BCUT2D eigenvalue weighted by molar-refractivity contribution is 7.71. The molecule has 0 bridgehead atoms. The third-order valence-corrected chi connectivity index (χ3v) is 4.70. The molecular weight excluding hydrogens is 463 g/mol. The van der Waals surface area contributed by atoms with Crippen molar-refractivity contribution in [2.24, 2.45) is 5.73 Å². The molecule has 2 aromatic rings. The van der Waals surface area contributed by atoms with Gasteiger partial charge in [-0.1, -0.05) is 0 Å². The average Bonchev–Trinajstić information content (AvgIpc) is 2.64. The quantitative estimate of drug-likeness (QED) is 0.483. The Bertz CT molecular complexity index is 1120. The zero-order chi connectivity index (χ0) is 25.1. The monoisotopic (exact) mass is 491 g/mol. The van der Waals surface area contributed by atoms with E-state index in [2.05, 4.69) is 15.0 Å². The Morgan fingerprint density at radius 2 is 1.88 bits per heavy atom. The molecule has 2 aromatic heterocycles. The van der Waals surface area contributed by atoms with E-state index in [0.29, 0.717) is 6.92 Å². The molecule has 0 saturated heterocycles. The summed E-state index contributed by atoms with van der Waals surface area (Å²) < 4.78 is 54.0. The maximum atomic E-state index is 14.5. The topological polar surface area (TPSA) is 126 Å². The highest BCUT2D eigenvalue weighted by Crippen LogP contribution is 2.29. The number of halogens is 3. The second-order valence-corrected chi connectivity index (χ2v) is 8.99. The molecule has 33 heavy (non-hydrogen) atoms. The third-order valence-electron chi connectivity index (χ3n) is 4.49. The van der Waals surface area contributed by atoms with Crippen LogP contribution in [-0.2, 0) is 4.74 Å². The molecule has 0 fully saturated rings. The lowest BCUT2D eigenvalue weighted by molar-refractivity contribution is -0.0868. The molecule has 0 aliphatic carbocycles. The average molecular weight is 492 g/mol. The smallest absolute Gasteiger partial charge is 0.410 e. The Hall–Kier alpha value is -2.67. The summed E-state index contributed by atoms with van der Waals surface area (Å²) in [6.45, 7) is 6.95. The van der Waals surface area contributed by atoms with Crippen molar-refractivity contribution in [3.63, 3.8) is 0 Å². The van der Waals surface area contributed by atoms with Gasteiger partial charge in [0.1, 0.15) is 11.0 Å². The number of pyridine rings is 1. The lowest BCUT2D eigenvalue weighted by atomic mass is 10.1. The Morgan fingerprint density at radius 3 is 2.42 bits per heavy atom. The first-order chi connectivity index (χ1) is 15.1. The van der Waals surface area contributed by atoms with Crippen LogP contribution < -0.4 is 16.0 Å². The number of rotatable bonds is 8. The molecule has 13 heteroatoms. The number of nitrogens with zero attached hydrogens (tertiary/aromatic N) is 2. The minimum Gasteiger partial charge on any atom is -0.467 e. The number of carbonyl (C=O) groups excluding carboxylic acids is 1. The summed E-state index contributed by atoms with van der Waals surface area (Å²) in [5.74, 6) is -4.73. The maximum absolute atomic E-state index is 14.5. The van der Waals surface area contributed by atoms with Gasteiger partial charge in [0.05, 0.1) is 11.2 Å². The Labute approximate surface area is 193 Å². The summed E-state index contributed by atoms with van der Waals surface area (Å²) in [5, 5.41) is -0.382. The number of hydrogen-bond acceptors (Lipinski definition) is 7. The second-order valence-electron chi connectivity index (χ2n) is 8.58. The summed E-state index contributed by atoms with van der Waals surface area (Å²) in [6, 6.07) is 0. The van der Waals surface area contributed by atoms with Gasteiger partial charge in [0.2, 0.25) is 5.88 Å². The number of carbonyl (C=O) groups is 1. The number of alkyl halides is 2. The first-order valence-electron chi connectivity index (χ1n) is 10.2. The van der Waals surface area contributed by atoms with Crippen LogP contribution in [0.2, 0.25) is 0 Å². The highest BCUT2D eigenvalue weighted by atomic mass is 32.1. The Morgan fingerprint density at radius 1 is 1.24 bits per heavy atom. The van der Waals surface area contributed by atoms with E-state index >= 15 is 0 Å². The number of aromatic amines is 2. The summed E-state index contributed by atoms with van der Waals surface area (Å²) in [7, 11) is 0. The predicted octanol–water partition coefficient (Wildman–Crippen LogP) is 3.42. The number of amides is 1. The van der Waals surface area contributed by atoms with Gasteiger partial charge in [-0.2, -0.15) is 0 Å². The molecule has 9 nitrogen and oxygen atoms in total. The van der Waals surface area contributed by atoms with E-state index in [9.17, 15) is 22.8 Å². The number of nitrogens with two attached hydrogens (primary N) is 1. The first kappa shape index (κ1) is 26.6. The van der Waals surface area contributed by atoms with Gasteiger partial charge in [0, 0.05) is 33.0 Å². The fourth-order valence-electron chi connectivity index (χ4n) is 2.98. The summed E-state index contributed by atoms with van der Waals surface area (Å²) in [5.41, 5.74) is 3.44. The summed E-state index contributed by atoms with van der Waals surface area (Å²) >= 11 is 4.86. The van der Waals surface area contributed by atoms with Crippen LogP contribution in [0.3, 0.4) is 0 Å². The Kier molecular flexibility index (Phi) is 8.12. The van der Waals surface area contributed by atoms with Gasteiger partial charge in [0.15, 0.2) is 16.7 Å². The number of hydrogen-bond donors (Lipinski definition) is 3. The van der Waals surface area contributed by atoms with Crippen molar-refractivity contribution in [1.29, 1.82) is 0 Å². The second kappa shape index (κ2) is 10.1. The number of ether oxygens (including phenoxy) is 2. The predicted molar refractivity (Wildman–Crippen MR) is 119 cm³/mol. The minimum absolute atomic E-state index is 0.0734. The molecule has 4 N–H and O–H groups in total. The lowest BCUT2D eigenvalue weighted by Gasteiger charge is -2.30. The molecule has 2 heterocycles. The van der Waals surface area contributed by atoms with Gasteiger partial charge in [-0.05, 0) is 39.9 Å². The SMILES string of the molecule is Cc1nc(O[C@@H](CCN(CCN)C(=O)OC(C)(C)C)C(C)(F)F)c2c(=O)[nH]c(=S)[nH]c2c1F. The van der Waals surface area contributed by atoms with Gasteiger partial charge in [-0.25, -0.2) is 22.9 Å². The van der Waals surface area contributed by atoms with Crippen LogP contribution >= 0.6 is 12.2 Å². The number of aryl methyl sites for hydroxylation is 1. The van der Waals surface area contributed by atoms with Crippen LogP contribution in [0.5, 0.6) is 5.88 Å². The molecule has 184 valence electrons. The van der Waals surface area contributed by atoms with Crippen LogP contribution in [0.1, 0.15) is 39.8 Å². The molecule has 1 atom stereocenters. The number of fused-ring (bicyclic) bond motifs is 1. The van der Waals surface area contributed by atoms with Crippen LogP contribution in [0.15, 0.2) is 4.79 Å². The standard InChI is InChI=1S/C20H28F3N5O4S/c1-10-13(21)14-12(15(29)27-17(33)26-14)16(25-10)31-11(20(5,22)23)6-8-28(9-7-24)18(30)32-19(2,3)4/h11H,6-9,24H2,1-5H3,(H2,26,27,29,33)/t11-/m0/s1. The van der Waals surface area contributed by atoms with Crippen molar-refractivity contribution in [1.82, 2.24) is 19.9 Å². The third kappa shape index (κ3) is 6.90. The summed E-state index contributed by atoms with van der Waals surface area (Å²) in [4.78, 5) is 34.6. The van der Waals surface area contributed by atoms with Crippen molar-refractivity contribution in [2.75, 3.05) is 19.6 Å². The lowest BCUT2D eigenvalue weighted by Crippen LogP contribution is -2.44. The van der Waals surface area contributed by atoms with E-state index < -0.39 is 41.0 Å². The molecule has 2 rings (SSSR count). The molecule has 0 unspecified atom stereocenters. The van der Waals surface area contributed by atoms with Crippen molar-refractivity contribution >= 4 is 29.2 Å². The molecule has 0 aromatic carbocycles. The fourth-order valence-corrected chi connectivity index (χ4v) is 3.17. The molecule has 0 radical (unpaired) electrons. The van der Waals surface area contributed by atoms with Crippen LogP contribution in [0, 0.1) is 17.5 Å². The zero-order valence-electron chi connectivity index (χ0n) is 19.1. The molecule has 0 aliphatic rings. The van der Waals surface area contributed by atoms with Gasteiger partial charge < -0.3 is 25.1 Å². The van der Waals surface area contributed by atoms with E-state index in [4.69, 9.17) is 27.4 Å². The normalized spacial score (nSPS) is 13.1. The zero-order valence-corrected chi connectivity index (χ0v) is 19.9. The minimum atomic E-state index is -3.40.